The number of aryl methyl sites for hydroxylation is 1. The van der Waals surface area contributed by atoms with Crippen LogP contribution in [0.1, 0.15) is 25.0 Å². The maximum Gasteiger partial charge on any atom is 0.182 e. The zero-order valence-electron chi connectivity index (χ0n) is 10.2. The predicted molar refractivity (Wildman–Crippen MR) is 65.8 cm³/mol. The van der Waals surface area contributed by atoms with Gasteiger partial charge in [0.2, 0.25) is 0 Å². The van der Waals surface area contributed by atoms with Crippen LogP contribution in [0.4, 0.5) is 0 Å². The van der Waals surface area contributed by atoms with Crippen LogP contribution >= 0.6 is 0 Å². The van der Waals surface area contributed by atoms with Gasteiger partial charge in [-0.2, -0.15) is 0 Å². The molecule has 1 aromatic heterocycles. The average Bonchev–Trinajstić information content (AvgIpc) is 2.98. The molecule has 18 heavy (non-hydrogen) atoms. The maximum atomic E-state index is 5.44. The minimum atomic E-state index is -0.0436. The highest BCUT2D eigenvalue weighted by molar-refractivity contribution is 5.83. The van der Waals surface area contributed by atoms with Gasteiger partial charge in [0.25, 0.3) is 0 Å². The van der Waals surface area contributed by atoms with E-state index in [1.165, 1.54) is 0 Å². The zero-order valence-corrected chi connectivity index (χ0v) is 10.2. The van der Waals surface area contributed by atoms with Gasteiger partial charge in [-0.3, -0.25) is 0 Å². The van der Waals surface area contributed by atoms with Crippen molar-refractivity contribution in [3.63, 3.8) is 0 Å². The van der Waals surface area contributed by atoms with Crippen molar-refractivity contribution in [2.75, 3.05) is 0 Å². The second-order valence-electron chi connectivity index (χ2n) is 4.34. The summed E-state index contributed by atoms with van der Waals surface area (Å²) in [4.78, 5) is 5.44. The van der Waals surface area contributed by atoms with Crippen molar-refractivity contribution in [3.8, 4) is 11.4 Å². The number of benzene rings is 1. The van der Waals surface area contributed by atoms with E-state index in [-0.39, 0.29) is 6.10 Å². The molecule has 0 unspecified atom stereocenters. The smallest absolute Gasteiger partial charge is 0.182 e. The lowest BCUT2D eigenvalue weighted by Gasteiger charge is -2.12. The Morgan fingerprint density at radius 2 is 2.17 bits per heavy atom. The van der Waals surface area contributed by atoms with Crippen LogP contribution in [0.5, 0.6) is 0 Å². The Kier molecular flexibility index (Phi) is 2.55. The minimum Gasteiger partial charge on any atom is -0.387 e. The van der Waals surface area contributed by atoms with Crippen LogP contribution in [-0.2, 0) is 11.9 Å². The number of tetrazole rings is 1. The molecule has 92 valence electrons. The standard InChI is InChI=1S/C12H13N5O/c1-8-7-11(18-14-8)9-5-3-4-6-10(9)12-13-15-16-17(12)2/h3-6,11H,7H2,1-2H3/t11-/m1/s1. The summed E-state index contributed by atoms with van der Waals surface area (Å²) < 4.78 is 1.65. The van der Waals surface area contributed by atoms with Gasteiger partial charge in [-0.05, 0) is 17.4 Å². The first-order chi connectivity index (χ1) is 8.75. The summed E-state index contributed by atoms with van der Waals surface area (Å²) in [6, 6.07) is 7.98. The summed E-state index contributed by atoms with van der Waals surface area (Å²) in [5.41, 5.74) is 3.06. The second-order valence-corrected chi connectivity index (χ2v) is 4.34. The fourth-order valence-electron chi connectivity index (χ4n) is 2.10. The molecule has 0 spiro atoms. The van der Waals surface area contributed by atoms with Crippen LogP contribution in [0.2, 0.25) is 0 Å². The van der Waals surface area contributed by atoms with Crippen LogP contribution in [0.15, 0.2) is 29.4 Å². The first-order valence-corrected chi connectivity index (χ1v) is 5.76. The molecule has 6 heteroatoms. The molecule has 3 rings (SSSR count). The van der Waals surface area contributed by atoms with Crippen LogP contribution < -0.4 is 0 Å². The van der Waals surface area contributed by atoms with Gasteiger partial charge in [0, 0.05) is 24.6 Å². The summed E-state index contributed by atoms with van der Waals surface area (Å²) in [6.07, 6.45) is 0.764. The van der Waals surface area contributed by atoms with Crippen LogP contribution in [0, 0.1) is 0 Å². The van der Waals surface area contributed by atoms with E-state index in [1.54, 1.807) is 4.68 Å². The molecule has 0 radical (unpaired) electrons. The summed E-state index contributed by atoms with van der Waals surface area (Å²) in [6.45, 7) is 1.96. The van der Waals surface area contributed by atoms with Gasteiger partial charge < -0.3 is 4.84 Å². The second kappa shape index (κ2) is 4.21. The van der Waals surface area contributed by atoms with Gasteiger partial charge in [0.15, 0.2) is 11.9 Å². The number of oxime groups is 1. The highest BCUT2D eigenvalue weighted by Crippen LogP contribution is 2.33. The van der Waals surface area contributed by atoms with E-state index < -0.39 is 0 Å². The number of aromatic nitrogens is 4. The van der Waals surface area contributed by atoms with Crippen LogP contribution in [0.25, 0.3) is 11.4 Å². The van der Waals surface area contributed by atoms with E-state index in [9.17, 15) is 0 Å². The highest BCUT2D eigenvalue weighted by Gasteiger charge is 2.24. The van der Waals surface area contributed by atoms with Crippen molar-refractivity contribution in [1.82, 2.24) is 20.2 Å². The van der Waals surface area contributed by atoms with Crippen molar-refractivity contribution < 1.29 is 4.84 Å². The third-order valence-corrected chi connectivity index (χ3v) is 2.99. The van der Waals surface area contributed by atoms with Gasteiger partial charge in [-0.15, -0.1) is 5.10 Å². The molecular weight excluding hydrogens is 230 g/mol. The molecule has 0 aliphatic carbocycles. The van der Waals surface area contributed by atoms with Gasteiger partial charge in [-0.1, -0.05) is 29.4 Å². The Hall–Kier alpha value is -2.24. The van der Waals surface area contributed by atoms with E-state index >= 15 is 0 Å². The van der Waals surface area contributed by atoms with Gasteiger partial charge in [-0.25, -0.2) is 4.68 Å². The minimum absolute atomic E-state index is 0.0436. The first-order valence-electron chi connectivity index (χ1n) is 5.76. The fraction of sp³-hybridized carbons (Fsp3) is 0.333. The van der Waals surface area contributed by atoms with Gasteiger partial charge in [0.1, 0.15) is 0 Å². The fourth-order valence-corrected chi connectivity index (χ4v) is 2.10. The van der Waals surface area contributed by atoms with Crippen molar-refractivity contribution in [2.45, 2.75) is 19.4 Å². The van der Waals surface area contributed by atoms with E-state index in [4.69, 9.17) is 4.84 Å². The third kappa shape index (κ3) is 1.75. The van der Waals surface area contributed by atoms with E-state index in [2.05, 4.69) is 20.7 Å². The first kappa shape index (κ1) is 10.9. The molecule has 1 aromatic carbocycles. The SMILES string of the molecule is CC1=NO[C@@H](c2ccccc2-c2nnnn2C)C1. The zero-order chi connectivity index (χ0) is 12.5. The largest absolute Gasteiger partial charge is 0.387 e. The molecule has 1 aliphatic rings. The summed E-state index contributed by atoms with van der Waals surface area (Å²) >= 11 is 0. The number of nitrogens with zero attached hydrogens (tertiary/aromatic N) is 5. The molecule has 2 heterocycles. The van der Waals surface area contributed by atoms with Crippen molar-refractivity contribution in [2.24, 2.45) is 12.2 Å². The summed E-state index contributed by atoms with van der Waals surface area (Å²) in [5.74, 6) is 0.735. The Balaban J connectivity index is 2.04. The lowest BCUT2D eigenvalue weighted by atomic mass is 9.99. The molecule has 0 amide bonds. The van der Waals surface area contributed by atoms with Crippen LogP contribution in [0.3, 0.4) is 0 Å². The van der Waals surface area contributed by atoms with E-state index in [0.717, 1.165) is 29.1 Å². The van der Waals surface area contributed by atoms with Gasteiger partial charge >= 0.3 is 0 Å². The quantitative estimate of drug-likeness (QED) is 0.805. The molecule has 1 aliphatic heterocycles. The predicted octanol–water partition coefficient (Wildman–Crippen LogP) is 1.71. The van der Waals surface area contributed by atoms with Crippen LogP contribution in [-0.4, -0.2) is 25.9 Å². The Morgan fingerprint density at radius 3 is 2.83 bits per heavy atom. The topological polar surface area (TPSA) is 65.2 Å². The third-order valence-electron chi connectivity index (χ3n) is 2.99. The van der Waals surface area contributed by atoms with E-state index in [1.807, 2.05) is 38.2 Å². The maximum absolute atomic E-state index is 5.44. The number of hydrogen-bond donors (Lipinski definition) is 0. The van der Waals surface area contributed by atoms with Crippen molar-refractivity contribution in [3.05, 3.63) is 29.8 Å². The molecule has 6 nitrogen and oxygen atoms in total. The normalized spacial score (nSPS) is 18.6. The van der Waals surface area contributed by atoms with Gasteiger partial charge in [0.05, 0.1) is 5.71 Å². The Labute approximate surface area is 104 Å². The lowest BCUT2D eigenvalue weighted by molar-refractivity contribution is 0.0861. The number of hydrogen-bond acceptors (Lipinski definition) is 5. The molecule has 0 bridgehead atoms. The van der Waals surface area contributed by atoms with Crippen molar-refractivity contribution >= 4 is 5.71 Å². The Bertz CT molecular complexity index is 604. The van der Waals surface area contributed by atoms with Crippen molar-refractivity contribution in [1.29, 1.82) is 0 Å². The number of rotatable bonds is 2. The molecule has 0 N–H and O–H groups in total. The average molecular weight is 243 g/mol. The van der Waals surface area contributed by atoms with E-state index in [0.29, 0.717) is 0 Å². The molecule has 2 aromatic rings. The summed E-state index contributed by atoms with van der Waals surface area (Å²) in [5, 5.41) is 15.6. The molecule has 0 saturated heterocycles. The molecule has 1 atom stereocenters. The monoisotopic (exact) mass is 243 g/mol. The summed E-state index contributed by atoms with van der Waals surface area (Å²) in [7, 11) is 1.82. The molecular formula is C12H13N5O. The lowest BCUT2D eigenvalue weighted by Crippen LogP contribution is -2.03. The Morgan fingerprint density at radius 1 is 1.33 bits per heavy atom. The molecule has 0 fully saturated rings. The highest BCUT2D eigenvalue weighted by atomic mass is 16.6. The molecule has 0 saturated carbocycles.